The van der Waals surface area contributed by atoms with Gasteiger partial charge < -0.3 is 28.4 Å². The van der Waals surface area contributed by atoms with Crippen molar-refractivity contribution < 1.29 is 28.4 Å². The van der Waals surface area contributed by atoms with Gasteiger partial charge in [-0.2, -0.15) is 0 Å². The van der Waals surface area contributed by atoms with E-state index >= 15 is 0 Å². The van der Waals surface area contributed by atoms with Crippen molar-refractivity contribution >= 4 is 0 Å². The van der Waals surface area contributed by atoms with Crippen molar-refractivity contribution in [2.24, 2.45) is 11.8 Å². The average molecular weight is 539 g/mol. The van der Waals surface area contributed by atoms with Crippen molar-refractivity contribution in [3.8, 4) is 23.0 Å². The lowest BCUT2D eigenvalue weighted by atomic mass is 9.85. The molecule has 0 amide bonds. The Hall–Kier alpha value is -4.00. The highest BCUT2D eigenvalue weighted by Gasteiger charge is 2.48. The molecule has 6 nitrogen and oxygen atoms in total. The molecule has 4 unspecified atom stereocenters. The zero-order valence-electron chi connectivity index (χ0n) is 22.8. The van der Waals surface area contributed by atoms with Gasteiger partial charge in [0.05, 0.1) is 39.6 Å². The zero-order chi connectivity index (χ0) is 27.3. The molecular formula is C34H34O6. The highest BCUT2D eigenvalue weighted by molar-refractivity contribution is 5.46. The van der Waals surface area contributed by atoms with Crippen LogP contribution in [-0.2, 0) is 22.7 Å². The quantitative estimate of drug-likeness (QED) is 0.218. The Balaban J connectivity index is 1.13. The summed E-state index contributed by atoms with van der Waals surface area (Å²) in [6.07, 6.45) is -0.134. The molecule has 2 aliphatic heterocycles. The normalized spacial score (nSPS) is 21.6. The molecule has 4 aromatic carbocycles. The van der Waals surface area contributed by atoms with E-state index in [1.807, 2.05) is 84.9 Å². The first-order valence-electron chi connectivity index (χ1n) is 13.7. The second-order valence-corrected chi connectivity index (χ2v) is 10.2. The van der Waals surface area contributed by atoms with Crippen LogP contribution in [0.5, 0.6) is 23.0 Å². The van der Waals surface area contributed by atoms with Crippen LogP contribution in [0.4, 0.5) is 0 Å². The van der Waals surface area contributed by atoms with Gasteiger partial charge in [-0.3, -0.25) is 0 Å². The standard InChI is InChI=1S/C34H34O6/c1-35-31-17-25(13-15-29(31)37-19-23-9-5-3-6-10-23)33-27-21-40-34(28(27)22-39-33)26-14-16-30(32(18-26)36-2)38-20-24-11-7-4-8-12-24/h3-18,27-28,33-34H,19-22H2,1-2H3. The Labute approximate surface area is 235 Å². The highest BCUT2D eigenvalue weighted by Crippen LogP contribution is 2.51. The molecule has 4 atom stereocenters. The zero-order valence-corrected chi connectivity index (χ0v) is 22.8. The molecule has 2 fully saturated rings. The summed E-state index contributed by atoms with van der Waals surface area (Å²) in [5.41, 5.74) is 4.36. The summed E-state index contributed by atoms with van der Waals surface area (Å²) >= 11 is 0. The van der Waals surface area contributed by atoms with Crippen molar-refractivity contribution in [1.29, 1.82) is 0 Å². The van der Waals surface area contributed by atoms with E-state index in [-0.39, 0.29) is 24.0 Å². The summed E-state index contributed by atoms with van der Waals surface area (Å²) in [5.74, 6) is 3.31. The van der Waals surface area contributed by atoms with Crippen LogP contribution in [0.15, 0.2) is 97.1 Å². The predicted molar refractivity (Wildman–Crippen MR) is 152 cm³/mol. The summed E-state index contributed by atoms with van der Waals surface area (Å²) in [6.45, 7) is 2.22. The third-order valence-electron chi connectivity index (χ3n) is 7.77. The number of benzene rings is 4. The minimum absolute atomic E-state index is 0.0672. The summed E-state index contributed by atoms with van der Waals surface area (Å²) in [5, 5.41) is 0. The van der Waals surface area contributed by atoms with Gasteiger partial charge in [-0.05, 0) is 46.5 Å². The molecule has 6 rings (SSSR count). The van der Waals surface area contributed by atoms with Crippen molar-refractivity contribution in [3.05, 3.63) is 119 Å². The van der Waals surface area contributed by atoms with Gasteiger partial charge in [0, 0.05) is 11.8 Å². The molecule has 0 aliphatic carbocycles. The summed E-state index contributed by atoms with van der Waals surface area (Å²) in [6, 6.07) is 32.4. The summed E-state index contributed by atoms with van der Waals surface area (Å²) in [4.78, 5) is 0. The molecule has 2 saturated heterocycles. The average Bonchev–Trinajstić information content (AvgIpc) is 3.63. The number of hydrogen-bond acceptors (Lipinski definition) is 6. The van der Waals surface area contributed by atoms with Crippen LogP contribution in [0.2, 0.25) is 0 Å². The predicted octanol–water partition coefficient (Wildman–Crippen LogP) is 6.94. The van der Waals surface area contributed by atoms with Crippen LogP contribution < -0.4 is 18.9 Å². The first-order chi connectivity index (χ1) is 19.7. The van der Waals surface area contributed by atoms with Crippen molar-refractivity contribution in [1.82, 2.24) is 0 Å². The SMILES string of the molecule is COc1cc(C2OCC3C(c4ccc(OCc5ccccc5)c(OC)c4)OCC23)ccc1OCc1ccccc1. The van der Waals surface area contributed by atoms with Crippen LogP contribution in [0.25, 0.3) is 0 Å². The maximum absolute atomic E-state index is 6.36. The third-order valence-corrected chi connectivity index (χ3v) is 7.77. The lowest BCUT2D eigenvalue weighted by Gasteiger charge is -2.19. The van der Waals surface area contributed by atoms with Crippen LogP contribution in [0.1, 0.15) is 34.5 Å². The Kier molecular flexibility index (Phi) is 7.89. The third kappa shape index (κ3) is 5.51. The Morgan fingerprint density at radius 1 is 0.550 bits per heavy atom. The van der Waals surface area contributed by atoms with E-state index in [4.69, 9.17) is 28.4 Å². The first kappa shape index (κ1) is 26.2. The van der Waals surface area contributed by atoms with Gasteiger partial charge in [0.1, 0.15) is 13.2 Å². The van der Waals surface area contributed by atoms with E-state index in [0.29, 0.717) is 49.4 Å². The van der Waals surface area contributed by atoms with Crippen LogP contribution >= 0.6 is 0 Å². The first-order valence-corrected chi connectivity index (χ1v) is 13.7. The molecular weight excluding hydrogens is 504 g/mol. The van der Waals surface area contributed by atoms with E-state index in [9.17, 15) is 0 Å². The van der Waals surface area contributed by atoms with Crippen molar-refractivity contribution in [3.63, 3.8) is 0 Å². The Morgan fingerprint density at radius 2 is 0.975 bits per heavy atom. The molecule has 2 heterocycles. The number of rotatable bonds is 10. The Morgan fingerprint density at radius 3 is 1.38 bits per heavy atom. The monoisotopic (exact) mass is 538 g/mol. The fourth-order valence-electron chi connectivity index (χ4n) is 5.67. The van der Waals surface area contributed by atoms with Gasteiger partial charge in [-0.1, -0.05) is 72.8 Å². The molecule has 0 saturated carbocycles. The van der Waals surface area contributed by atoms with Crippen molar-refractivity contribution in [2.75, 3.05) is 27.4 Å². The smallest absolute Gasteiger partial charge is 0.161 e. The Bertz CT molecular complexity index is 1300. The lowest BCUT2D eigenvalue weighted by Crippen LogP contribution is -2.14. The van der Waals surface area contributed by atoms with Gasteiger partial charge in [-0.15, -0.1) is 0 Å². The fourth-order valence-corrected chi connectivity index (χ4v) is 5.67. The molecule has 206 valence electrons. The summed E-state index contributed by atoms with van der Waals surface area (Å²) in [7, 11) is 3.34. The molecule has 40 heavy (non-hydrogen) atoms. The minimum Gasteiger partial charge on any atom is -0.493 e. The number of methoxy groups -OCH3 is 2. The van der Waals surface area contributed by atoms with Crippen LogP contribution in [-0.4, -0.2) is 27.4 Å². The molecule has 2 aliphatic rings. The second kappa shape index (κ2) is 12.0. The lowest BCUT2D eigenvalue weighted by molar-refractivity contribution is 0.0191. The highest BCUT2D eigenvalue weighted by atomic mass is 16.5. The van der Waals surface area contributed by atoms with E-state index in [0.717, 1.165) is 22.3 Å². The maximum Gasteiger partial charge on any atom is 0.161 e. The maximum atomic E-state index is 6.36. The largest absolute Gasteiger partial charge is 0.493 e. The van der Waals surface area contributed by atoms with Gasteiger partial charge in [0.2, 0.25) is 0 Å². The van der Waals surface area contributed by atoms with Gasteiger partial charge in [0.25, 0.3) is 0 Å². The van der Waals surface area contributed by atoms with Crippen LogP contribution in [0.3, 0.4) is 0 Å². The molecule has 0 aromatic heterocycles. The van der Waals surface area contributed by atoms with E-state index < -0.39 is 0 Å². The molecule has 6 heteroatoms. The molecule has 0 N–H and O–H groups in total. The van der Waals surface area contributed by atoms with E-state index in [1.165, 1.54) is 0 Å². The molecule has 0 spiro atoms. The fraction of sp³-hybridized carbons (Fsp3) is 0.294. The molecule has 0 bridgehead atoms. The molecule has 0 radical (unpaired) electrons. The number of ether oxygens (including phenoxy) is 6. The second-order valence-electron chi connectivity index (χ2n) is 10.2. The van der Waals surface area contributed by atoms with Gasteiger partial charge in [0.15, 0.2) is 23.0 Å². The van der Waals surface area contributed by atoms with Crippen LogP contribution in [0, 0.1) is 11.8 Å². The van der Waals surface area contributed by atoms with E-state index in [1.54, 1.807) is 14.2 Å². The van der Waals surface area contributed by atoms with Crippen molar-refractivity contribution in [2.45, 2.75) is 25.4 Å². The van der Waals surface area contributed by atoms with E-state index in [2.05, 4.69) is 12.1 Å². The minimum atomic E-state index is -0.0672. The van der Waals surface area contributed by atoms with Gasteiger partial charge in [-0.25, -0.2) is 0 Å². The number of fused-ring (bicyclic) bond motifs is 1. The van der Waals surface area contributed by atoms with Gasteiger partial charge >= 0.3 is 0 Å². The number of hydrogen-bond donors (Lipinski definition) is 0. The summed E-state index contributed by atoms with van der Waals surface area (Å²) < 4.78 is 36.2. The topological polar surface area (TPSA) is 55.4 Å². The molecule has 4 aromatic rings.